The van der Waals surface area contributed by atoms with Gasteiger partial charge in [0.25, 0.3) is 0 Å². The molecule has 0 spiro atoms. The number of rotatable bonds is 2. The van der Waals surface area contributed by atoms with Crippen molar-refractivity contribution >= 4 is 11.9 Å². The predicted molar refractivity (Wildman–Crippen MR) is 35.7 cm³/mol. The molecule has 1 amide bonds. The summed E-state index contributed by atoms with van der Waals surface area (Å²) in [5.41, 5.74) is 4.53. The van der Waals surface area contributed by atoms with E-state index in [1.54, 1.807) is 0 Å². The molecule has 0 aromatic heterocycles. The third-order valence-corrected chi connectivity index (χ3v) is 0.362. The van der Waals surface area contributed by atoms with Gasteiger partial charge in [-0.15, -0.1) is 0 Å². The molecule has 0 aliphatic carbocycles. The number of nitrogens with two attached hydrogens (primary N) is 1. The third-order valence-electron chi connectivity index (χ3n) is 0.362. The quantitative estimate of drug-likeness (QED) is 0.449. The lowest BCUT2D eigenvalue weighted by atomic mass is 10.6. The van der Waals surface area contributed by atoms with Gasteiger partial charge in [-0.05, 0) is 6.08 Å². The van der Waals surface area contributed by atoms with E-state index in [9.17, 15) is 9.18 Å². The van der Waals surface area contributed by atoms with Crippen molar-refractivity contribution in [3.8, 4) is 0 Å². The third kappa shape index (κ3) is 31.0. The fraction of sp³-hybridized carbons (Fsp3) is 0. The first-order chi connectivity index (χ1) is 4.54. The molecule has 0 saturated heterocycles. The van der Waals surface area contributed by atoms with Gasteiger partial charge in [-0.25, -0.2) is 0 Å². The van der Waals surface area contributed by atoms with Gasteiger partial charge in [0.15, 0.2) is 0 Å². The minimum atomic E-state index is -1.48. The van der Waals surface area contributed by atoms with Crippen molar-refractivity contribution in [3.63, 3.8) is 0 Å². The maximum absolute atomic E-state index is 10.7. The zero-order valence-corrected chi connectivity index (χ0v) is 5.34. The molecule has 0 heterocycles. The van der Waals surface area contributed by atoms with Crippen LogP contribution in [0, 0.1) is 0 Å². The molecule has 0 bridgehead atoms. The maximum atomic E-state index is 10.7. The summed E-state index contributed by atoms with van der Waals surface area (Å²) in [7, 11) is 0. The monoisotopic (exact) mass is 145 g/mol. The van der Waals surface area contributed by atoms with Gasteiger partial charge in [0, 0.05) is 6.08 Å². The second-order valence-corrected chi connectivity index (χ2v) is 1.11. The van der Waals surface area contributed by atoms with E-state index in [2.05, 4.69) is 18.9 Å². The highest BCUT2D eigenvalue weighted by atomic mass is 19.1. The molecule has 0 atom stereocenters. The largest absolute Gasteiger partial charge is 0.366 e. The van der Waals surface area contributed by atoms with Crippen molar-refractivity contribution in [1.29, 1.82) is 0 Å². The van der Waals surface area contributed by atoms with Gasteiger partial charge in [0.05, 0.1) is 0 Å². The molecule has 0 fully saturated rings. The molecular formula is C6H8FNO2. The molecule has 3 nitrogen and oxygen atoms in total. The number of hydrogen-bond acceptors (Lipinski definition) is 2. The Hall–Kier alpha value is -1.45. The molecule has 10 heavy (non-hydrogen) atoms. The van der Waals surface area contributed by atoms with Crippen LogP contribution in [-0.2, 0) is 9.59 Å². The molecule has 0 unspecified atom stereocenters. The van der Waals surface area contributed by atoms with Crippen molar-refractivity contribution in [3.05, 3.63) is 25.3 Å². The van der Waals surface area contributed by atoms with Gasteiger partial charge in [-0.3, -0.25) is 9.59 Å². The Labute approximate surface area is 58.0 Å². The number of allylic oxidation sites excluding steroid dienone is 1. The number of halogens is 1. The molecule has 0 saturated carbocycles. The summed E-state index contributed by atoms with van der Waals surface area (Å²) in [5, 5.41) is 0. The lowest BCUT2D eigenvalue weighted by Gasteiger charge is -1.65. The van der Waals surface area contributed by atoms with E-state index < -0.39 is 11.9 Å². The molecular weight excluding hydrogens is 137 g/mol. The average Bonchev–Trinajstić information content (AvgIpc) is 1.89. The summed E-state index contributed by atoms with van der Waals surface area (Å²) in [5.74, 6) is -0.481. The van der Waals surface area contributed by atoms with Gasteiger partial charge in [0.2, 0.25) is 5.91 Å². The molecule has 0 radical (unpaired) electrons. The Morgan fingerprint density at radius 2 is 1.50 bits per heavy atom. The number of carbonyl (C=O) groups excluding carboxylic acids is 2. The standard InChI is InChI=1S/C3H3FO.C3H5NO/c2*1-2-3(4)5/h2H,1H2;2H,1H2,(H2,4,5). The Morgan fingerprint density at radius 1 is 1.30 bits per heavy atom. The summed E-state index contributed by atoms with van der Waals surface area (Å²) >= 11 is 0. The van der Waals surface area contributed by atoms with E-state index in [4.69, 9.17) is 4.79 Å². The van der Waals surface area contributed by atoms with E-state index in [-0.39, 0.29) is 0 Å². The lowest BCUT2D eigenvalue weighted by molar-refractivity contribution is -0.124. The Kier molecular flexibility index (Phi) is 8.58. The smallest absolute Gasteiger partial charge is 0.324 e. The average molecular weight is 145 g/mol. The van der Waals surface area contributed by atoms with Gasteiger partial charge >= 0.3 is 6.04 Å². The molecule has 56 valence electrons. The van der Waals surface area contributed by atoms with Crippen LogP contribution in [0.1, 0.15) is 0 Å². The summed E-state index contributed by atoms with van der Waals surface area (Å²) in [4.78, 5) is 18.5. The van der Waals surface area contributed by atoms with Crippen molar-refractivity contribution < 1.29 is 14.0 Å². The lowest BCUT2D eigenvalue weighted by Crippen LogP contribution is -2.04. The van der Waals surface area contributed by atoms with Gasteiger partial charge in [0.1, 0.15) is 0 Å². The van der Waals surface area contributed by atoms with Crippen LogP contribution >= 0.6 is 0 Å². The highest BCUT2D eigenvalue weighted by Gasteiger charge is 1.77. The Bertz CT molecular complexity index is 136. The van der Waals surface area contributed by atoms with Crippen LogP contribution in [0.15, 0.2) is 25.3 Å². The predicted octanol–water partition coefficient (Wildman–Crippen LogP) is 0.326. The molecule has 0 aliphatic heterocycles. The van der Waals surface area contributed by atoms with Crippen molar-refractivity contribution in [2.24, 2.45) is 5.73 Å². The number of amides is 1. The normalized spacial score (nSPS) is 6.50. The van der Waals surface area contributed by atoms with E-state index >= 15 is 0 Å². The highest BCUT2D eigenvalue weighted by Crippen LogP contribution is 1.66. The summed E-state index contributed by atoms with van der Waals surface area (Å²) in [6, 6.07) is -1.48. The van der Waals surface area contributed by atoms with E-state index in [0.717, 1.165) is 6.08 Å². The zero-order valence-electron chi connectivity index (χ0n) is 5.34. The topological polar surface area (TPSA) is 60.2 Å². The number of primary amides is 1. The van der Waals surface area contributed by atoms with Crippen LogP contribution in [0.3, 0.4) is 0 Å². The van der Waals surface area contributed by atoms with Gasteiger partial charge in [-0.2, -0.15) is 4.39 Å². The summed E-state index contributed by atoms with van der Waals surface area (Å²) in [6.45, 7) is 5.92. The second kappa shape index (κ2) is 7.55. The molecule has 0 aliphatic rings. The Morgan fingerprint density at radius 3 is 1.50 bits per heavy atom. The SMILES string of the molecule is C=CC(=O)F.C=CC(N)=O. The molecule has 2 N–H and O–H groups in total. The maximum Gasteiger partial charge on any atom is 0.324 e. The van der Waals surface area contributed by atoms with Crippen LogP contribution in [0.5, 0.6) is 0 Å². The van der Waals surface area contributed by atoms with E-state index in [1.807, 2.05) is 0 Å². The number of hydrogen-bond donors (Lipinski definition) is 1. The molecule has 4 heteroatoms. The van der Waals surface area contributed by atoms with Crippen molar-refractivity contribution in [2.45, 2.75) is 0 Å². The van der Waals surface area contributed by atoms with Crippen molar-refractivity contribution in [2.75, 3.05) is 0 Å². The van der Waals surface area contributed by atoms with Crippen LogP contribution in [0.2, 0.25) is 0 Å². The summed E-state index contributed by atoms with van der Waals surface area (Å²) in [6.07, 6.45) is 1.67. The first-order valence-corrected chi connectivity index (χ1v) is 2.28. The Balaban J connectivity index is 0. The fourth-order valence-electron chi connectivity index (χ4n) is 0. The van der Waals surface area contributed by atoms with Crippen molar-refractivity contribution in [1.82, 2.24) is 0 Å². The van der Waals surface area contributed by atoms with Gasteiger partial charge in [-0.1, -0.05) is 13.2 Å². The van der Waals surface area contributed by atoms with Crippen LogP contribution < -0.4 is 5.73 Å². The molecule has 0 aromatic rings. The van der Waals surface area contributed by atoms with Crippen LogP contribution in [0.4, 0.5) is 4.39 Å². The summed E-state index contributed by atoms with van der Waals surface area (Å²) < 4.78 is 10.7. The van der Waals surface area contributed by atoms with E-state index in [1.165, 1.54) is 0 Å². The first kappa shape index (κ1) is 11.4. The fourth-order valence-corrected chi connectivity index (χ4v) is 0. The molecule has 0 rings (SSSR count). The zero-order chi connectivity index (χ0) is 8.57. The highest BCUT2D eigenvalue weighted by molar-refractivity contribution is 5.84. The van der Waals surface area contributed by atoms with Gasteiger partial charge < -0.3 is 5.73 Å². The minimum Gasteiger partial charge on any atom is -0.366 e. The first-order valence-electron chi connectivity index (χ1n) is 2.28. The second-order valence-electron chi connectivity index (χ2n) is 1.11. The minimum absolute atomic E-state index is 0.481. The molecule has 0 aromatic carbocycles. The number of carbonyl (C=O) groups is 2. The van der Waals surface area contributed by atoms with Crippen LogP contribution in [-0.4, -0.2) is 11.9 Å². The van der Waals surface area contributed by atoms with Crippen LogP contribution in [0.25, 0.3) is 0 Å². The van der Waals surface area contributed by atoms with E-state index in [0.29, 0.717) is 6.08 Å².